The summed E-state index contributed by atoms with van der Waals surface area (Å²) in [5.74, 6) is 0.0221. The van der Waals surface area contributed by atoms with Crippen molar-refractivity contribution < 1.29 is 4.79 Å². The molecule has 0 saturated carbocycles. The number of likely N-dealkylation sites (N-methyl/N-ethyl adjacent to an activating group) is 1. The lowest BCUT2D eigenvalue weighted by Crippen LogP contribution is -2.41. The van der Waals surface area contributed by atoms with Crippen LogP contribution in [0.25, 0.3) is 5.65 Å². The van der Waals surface area contributed by atoms with Crippen LogP contribution in [0.2, 0.25) is 0 Å². The highest BCUT2D eigenvalue weighted by Crippen LogP contribution is 2.18. The van der Waals surface area contributed by atoms with Crippen molar-refractivity contribution in [3.05, 3.63) is 65.1 Å². The third-order valence-corrected chi connectivity index (χ3v) is 4.99. The van der Waals surface area contributed by atoms with Gasteiger partial charge in [0.15, 0.2) is 5.65 Å². The van der Waals surface area contributed by atoms with Crippen LogP contribution in [-0.2, 0) is 6.42 Å². The van der Waals surface area contributed by atoms with E-state index in [4.69, 9.17) is 0 Å². The fourth-order valence-corrected chi connectivity index (χ4v) is 3.39. The fourth-order valence-electron chi connectivity index (χ4n) is 3.39. The van der Waals surface area contributed by atoms with Crippen LogP contribution in [0.1, 0.15) is 47.4 Å². The molecule has 0 spiro atoms. The summed E-state index contributed by atoms with van der Waals surface area (Å²) in [6.45, 7) is 8.84. The molecule has 0 aliphatic carbocycles. The summed E-state index contributed by atoms with van der Waals surface area (Å²) in [4.78, 5) is 19.6. The Labute approximate surface area is 154 Å². The molecule has 2 aromatic heterocycles. The second-order valence-corrected chi connectivity index (χ2v) is 6.70. The summed E-state index contributed by atoms with van der Waals surface area (Å²) in [7, 11) is 0. The predicted octanol–water partition coefficient (Wildman–Crippen LogP) is 3.83. The van der Waals surface area contributed by atoms with Crippen LogP contribution in [0.4, 0.5) is 0 Å². The molecular formula is C21H26N4O. The molecule has 26 heavy (non-hydrogen) atoms. The molecule has 0 radical (unpaired) electrons. The number of carbonyl (C=O) groups excluding carboxylic acids is 1. The topological polar surface area (TPSA) is 50.5 Å². The van der Waals surface area contributed by atoms with E-state index in [-0.39, 0.29) is 11.9 Å². The number of carbonyl (C=O) groups is 1. The summed E-state index contributed by atoms with van der Waals surface area (Å²) >= 11 is 0. The number of rotatable bonds is 6. The van der Waals surface area contributed by atoms with Crippen molar-refractivity contribution in [1.82, 2.24) is 19.5 Å². The maximum Gasteiger partial charge on any atom is 0.257 e. The van der Waals surface area contributed by atoms with Crippen molar-refractivity contribution in [3.63, 3.8) is 0 Å². The molecule has 0 N–H and O–H groups in total. The number of amides is 1. The van der Waals surface area contributed by atoms with E-state index in [2.05, 4.69) is 48.2 Å². The van der Waals surface area contributed by atoms with Crippen LogP contribution < -0.4 is 0 Å². The molecule has 1 atom stereocenters. The van der Waals surface area contributed by atoms with Crippen LogP contribution in [0, 0.1) is 13.8 Å². The first-order valence-electron chi connectivity index (χ1n) is 9.21. The molecule has 0 aliphatic rings. The Morgan fingerprint density at radius 2 is 1.88 bits per heavy atom. The zero-order chi connectivity index (χ0) is 18.7. The van der Waals surface area contributed by atoms with Crippen molar-refractivity contribution in [2.24, 2.45) is 0 Å². The number of aromatic nitrogens is 3. The monoisotopic (exact) mass is 350 g/mol. The van der Waals surface area contributed by atoms with Gasteiger partial charge in [-0.05, 0) is 39.2 Å². The summed E-state index contributed by atoms with van der Waals surface area (Å²) < 4.78 is 1.72. The van der Waals surface area contributed by atoms with Gasteiger partial charge in [-0.15, -0.1) is 0 Å². The van der Waals surface area contributed by atoms with Crippen LogP contribution in [0.5, 0.6) is 0 Å². The smallest absolute Gasteiger partial charge is 0.257 e. The Balaban J connectivity index is 1.88. The highest BCUT2D eigenvalue weighted by Gasteiger charge is 2.25. The number of hydrogen-bond donors (Lipinski definition) is 0. The lowest BCUT2D eigenvalue weighted by Gasteiger charge is -2.31. The molecular weight excluding hydrogens is 324 g/mol. The van der Waals surface area contributed by atoms with Gasteiger partial charge in [0.1, 0.15) is 0 Å². The Morgan fingerprint density at radius 3 is 2.54 bits per heavy atom. The van der Waals surface area contributed by atoms with Crippen LogP contribution >= 0.6 is 0 Å². The minimum absolute atomic E-state index is 0.0221. The number of hydrogen-bond acceptors (Lipinski definition) is 3. The van der Waals surface area contributed by atoms with Crippen molar-refractivity contribution in [3.8, 4) is 0 Å². The van der Waals surface area contributed by atoms with E-state index in [1.54, 1.807) is 16.9 Å². The molecule has 5 nitrogen and oxygen atoms in total. The van der Waals surface area contributed by atoms with Crippen LogP contribution in [0.15, 0.2) is 42.7 Å². The molecule has 3 aromatic rings. The molecule has 1 aromatic carbocycles. The molecule has 2 heterocycles. The lowest BCUT2D eigenvalue weighted by atomic mass is 10.0. The average molecular weight is 350 g/mol. The van der Waals surface area contributed by atoms with Gasteiger partial charge in [0.2, 0.25) is 0 Å². The van der Waals surface area contributed by atoms with Crippen LogP contribution in [-0.4, -0.2) is 38.0 Å². The van der Waals surface area contributed by atoms with E-state index in [0.717, 1.165) is 24.2 Å². The standard InChI is InChI=1S/C21H26N4O/c1-5-18(13-17-9-7-15(3)8-10-17)24(6-2)21(26)19-14-22-20-11-12-23-25(20)16(19)4/h7-12,14,18H,5-6,13H2,1-4H3. The largest absolute Gasteiger partial charge is 0.336 e. The summed E-state index contributed by atoms with van der Waals surface area (Å²) in [6, 6.07) is 10.5. The highest BCUT2D eigenvalue weighted by molar-refractivity contribution is 5.95. The molecule has 1 unspecified atom stereocenters. The summed E-state index contributed by atoms with van der Waals surface area (Å²) in [5.41, 5.74) is 4.71. The van der Waals surface area contributed by atoms with Crippen LogP contribution in [0.3, 0.4) is 0 Å². The van der Waals surface area contributed by atoms with Crippen molar-refractivity contribution >= 4 is 11.6 Å². The van der Waals surface area contributed by atoms with Crippen molar-refractivity contribution in [2.45, 2.75) is 46.6 Å². The SMILES string of the molecule is CCC(Cc1ccc(C)cc1)N(CC)C(=O)c1cnc2ccnn2c1C. The van der Waals surface area contributed by atoms with E-state index >= 15 is 0 Å². The van der Waals surface area contributed by atoms with Gasteiger partial charge < -0.3 is 4.90 Å². The first-order chi connectivity index (χ1) is 12.5. The molecule has 136 valence electrons. The van der Waals surface area contributed by atoms with E-state index in [1.807, 2.05) is 24.8 Å². The van der Waals surface area contributed by atoms with Gasteiger partial charge in [-0.3, -0.25) is 4.79 Å². The third kappa shape index (κ3) is 3.47. The first kappa shape index (κ1) is 18.1. The van der Waals surface area contributed by atoms with E-state index in [9.17, 15) is 4.79 Å². The van der Waals surface area contributed by atoms with Gasteiger partial charge in [0, 0.05) is 24.8 Å². The van der Waals surface area contributed by atoms with Gasteiger partial charge in [0.25, 0.3) is 5.91 Å². The van der Waals surface area contributed by atoms with E-state index < -0.39 is 0 Å². The first-order valence-corrected chi connectivity index (χ1v) is 9.21. The molecule has 0 fully saturated rings. The maximum atomic E-state index is 13.3. The zero-order valence-electron chi connectivity index (χ0n) is 15.9. The Kier molecular flexibility index (Phi) is 5.35. The number of aryl methyl sites for hydroxylation is 2. The molecule has 0 aliphatic heterocycles. The minimum atomic E-state index is 0.0221. The Morgan fingerprint density at radius 1 is 1.15 bits per heavy atom. The molecule has 0 saturated heterocycles. The van der Waals surface area contributed by atoms with E-state index in [1.165, 1.54) is 11.1 Å². The lowest BCUT2D eigenvalue weighted by molar-refractivity contribution is 0.0682. The third-order valence-electron chi connectivity index (χ3n) is 4.99. The second kappa shape index (κ2) is 7.68. The summed E-state index contributed by atoms with van der Waals surface area (Å²) in [6.07, 6.45) is 5.14. The Bertz CT molecular complexity index is 898. The fraction of sp³-hybridized carbons (Fsp3) is 0.381. The maximum absolute atomic E-state index is 13.3. The molecule has 0 bridgehead atoms. The molecule has 5 heteroatoms. The van der Waals surface area contributed by atoms with Gasteiger partial charge in [0.05, 0.1) is 17.5 Å². The molecule has 3 rings (SSSR count). The number of benzene rings is 1. The minimum Gasteiger partial charge on any atom is -0.336 e. The second-order valence-electron chi connectivity index (χ2n) is 6.70. The van der Waals surface area contributed by atoms with E-state index in [0.29, 0.717) is 12.1 Å². The highest BCUT2D eigenvalue weighted by atomic mass is 16.2. The van der Waals surface area contributed by atoms with Crippen molar-refractivity contribution in [2.75, 3.05) is 6.54 Å². The molecule has 1 amide bonds. The average Bonchev–Trinajstić information content (AvgIpc) is 3.13. The van der Waals surface area contributed by atoms with Gasteiger partial charge in [-0.25, -0.2) is 9.50 Å². The van der Waals surface area contributed by atoms with Gasteiger partial charge >= 0.3 is 0 Å². The number of nitrogens with zero attached hydrogens (tertiary/aromatic N) is 4. The quantitative estimate of drug-likeness (QED) is 0.679. The normalized spacial score (nSPS) is 12.3. The van der Waals surface area contributed by atoms with Gasteiger partial charge in [-0.2, -0.15) is 5.10 Å². The number of fused-ring (bicyclic) bond motifs is 1. The predicted molar refractivity (Wildman–Crippen MR) is 103 cm³/mol. The van der Waals surface area contributed by atoms with Gasteiger partial charge in [-0.1, -0.05) is 36.8 Å². The summed E-state index contributed by atoms with van der Waals surface area (Å²) in [5, 5.41) is 4.27. The Hall–Kier alpha value is -2.69. The van der Waals surface area contributed by atoms with Crippen molar-refractivity contribution in [1.29, 1.82) is 0 Å². The zero-order valence-corrected chi connectivity index (χ0v) is 15.9.